The molecular formula is C19H13ClF2N2O3. The Balaban J connectivity index is 1.85. The average Bonchev–Trinajstić information content (AvgIpc) is 2.61. The highest BCUT2D eigenvalue weighted by molar-refractivity contribution is 6.35. The molecule has 5 nitrogen and oxygen atoms in total. The number of hydrogen-bond donors (Lipinski definition) is 1. The van der Waals surface area contributed by atoms with Crippen LogP contribution in [-0.4, -0.2) is 16.6 Å². The smallest absolute Gasteiger partial charge is 0.261 e. The van der Waals surface area contributed by atoms with Gasteiger partial charge in [0.2, 0.25) is 5.43 Å². The van der Waals surface area contributed by atoms with E-state index in [9.17, 15) is 18.4 Å². The van der Waals surface area contributed by atoms with Gasteiger partial charge in [0, 0.05) is 12.3 Å². The van der Waals surface area contributed by atoms with Crippen molar-refractivity contribution in [1.82, 2.24) is 4.57 Å². The lowest BCUT2D eigenvalue weighted by Gasteiger charge is -2.26. The van der Waals surface area contributed by atoms with E-state index >= 15 is 0 Å². The summed E-state index contributed by atoms with van der Waals surface area (Å²) in [6, 6.07) is 5.95. The Bertz CT molecular complexity index is 1160. The summed E-state index contributed by atoms with van der Waals surface area (Å²) < 4.78 is 34.3. The van der Waals surface area contributed by atoms with Crippen LogP contribution in [0.5, 0.6) is 5.75 Å². The van der Waals surface area contributed by atoms with Crippen LogP contribution in [0.25, 0.3) is 10.9 Å². The molecular weight excluding hydrogens is 378 g/mol. The number of ether oxygens (including phenoxy) is 1. The SMILES string of the molecule is C[C@H]1Cn2cc(C(=O)Nc3ccc(F)cc3F)c(=O)c3c(Cl)ccc(c32)O1. The molecule has 1 aliphatic rings. The maximum absolute atomic E-state index is 13.8. The van der Waals surface area contributed by atoms with Gasteiger partial charge >= 0.3 is 0 Å². The highest BCUT2D eigenvalue weighted by Gasteiger charge is 2.25. The quantitative estimate of drug-likeness (QED) is 0.720. The lowest BCUT2D eigenvalue weighted by Crippen LogP contribution is -2.30. The molecule has 8 heteroatoms. The molecule has 1 amide bonds. The summed E-state index contributed by atoms with van der Waals surface area (Å²) in [4.78, 5) is 25.5. The summed E-state index contributed by atoms with van der Waals surface area (Å²) in [5.41, 5.74) is -0.503. The molecule has 1 atom stereocenters. The van der Waals surface area contributed by atoms with Gasteiger partial charge in [0.05, 0.1) is 28.2 Å². The first-order chi connectivity index (χ1) is 12.8. The predicted octanol–water partition coefficient (Wildman–Crippen LogP) is 3.97. The number of nitrogens with one attached hydrogen (secondary N) is 1. The molecule has 3 aromatic rings. The first-order valence-electron chi connectivity index (χ1n) is 8.14. The van der Waals surface area contributed by atoms with Crippen LogP contribution in [0.1, 0.15) is 17.3 Å². The molecule has 0 unspecified atom stereocenters. The Morgan fingerprint density at radius 3 is 2.81 bits per heavy atom. The van der Waals surface area contributed by atoms with Crippen LogP contribution in [0.2, 0.25) is 5.02 Å². The monoisotopic (exact) mass is 390 g/mol. The van der Waals surface area contributed by atoms with Crippen LogP contribution in [-0.2, 0) is 6.54 Å². The van der Waals surface area contributed by atoms with Crippen molar-refractivity contribution in [1.29, 1.82) is 0 Å². The Kier molecular flexibility index (Phi) is 4.11. The van der Waals surface area contributed by atoms with Gasteiger partial charge in [-0.15, -0.1) is 0 Å². The highest BCUT2D eigenvalue weighted by atomic mass is 35.5. The molecule has 4 rings (SSSR count). The number of amides is 1. The molecule has 138 valence electrons. The van der Waals surface area contributed by atoms with Crippen LogP contribution in [0, 0.1) is 11.6 Å². The van der Waals surface area contributed by atoms with Crippen molar-refractivity contribution < 1.29 is 18.3 Å². The van der Waals surface area contributed by atoms with Crippen LogP contribution >= 0.6 is 11.6 Å². The maximum atomic E-state index is 13.8. The Morgan fingerprint density at radius 1 is 1.30 bits per heavy atom. The topological polar surface area (TPSA) is 60.3 Å². The minimum atomic E-state index is -0.937. The number of carbonyl (C=O) groups excluding carboxylic acids is 1. The second-order valence-corrected chi connectivity index (χ2v) is 6.71. The van der Waals surface area contributed by atoms with E-state index in [0.29, 0.717) is 23.9 Å². The van der Waals surface area contributed by atoms with Gasteiger partial charge < -0.3 is 14.6 Å². The lowest BCUT2D eigenvalue weighted by molar-refractivity contribution is 0.102. The van der Waals surface area contributed by atoms with Gasteiger partial charge in [-0.05, 0) is 31.2 Å². The number of halogens is 3. The lowest BCUT2D eigenvalue weighted by atomic mass is 10.1. The van der Waals surface area contributed by atoms with Gasteiger partial charge in [0.25, 0.3) is 5.91 Å². The van der Waals surface area contributed by atoms with Gasteiger partial charge in [0.15, 0.2) is 0 Å². The second kappa shape index (κ2) is 6.35. The fraction of sp³-hybridized carbons (Fsp3) is 0.158. The molecule has 0 aliphatic carbocycles. The Labute approximate surface area is 157 Å². The van der Waals surface area contributed by atoms with Crippen molar-refractivity contribution in [3.05, 3.63) is 69.0 Å². The first-order valence-corrected chi connectivity index (χ1v) is 8.51. The van der Waals surface area contributed by atoms with Crippen molar-refractivity contribution in [2.75, 3.05) is 5.32 Å². The van der Waals surface area contributed by atoms with E-state index in [-0.39, 0.29) is 27.8 Å². The normalized spacial score (nSPS) is 15.5. The summed E-state index contributed by atoms with van der Waals surface area (Å²) in [6.45, 7) is 2.27. The van der Waals surface area contributed by atoms with E-state index in [4.69, 9.17) is 16.3 Å². The third-order valence-corrected chi connectivity index (χ3v) is 4.65. The van der Waals surface area contributed by atoms with Crippen molar-refractivity contribution >= 4 is 34.1 Å². The molecule has 1 aromatic heterocycles. The fourth-order valence-corrected chi connectivity index (χ4v) is 3.41. The molecule has 0 spiro atoms. The Hall–Kier alpha value is -2.93. The summed E-state index contributed by atoms with van der Waals surface area (Å²) in [7, 11) is 0. The van der Waals surface area contributed by atoms with E-state index in [2.05, 4.69) is 5.32 Å². The average molecular weight is 391 g/mol. The molecule has 1 aliphatic heterocycles. The van der Waals surface area contributed by atoms with E-state index < -0.39 is 23.0 Å². The van der Waals surface area contributed by atoms with E-state index in [1.54, 1.807) is 10.6 Å². The molecule has 1 N–H and O–H groups in total. The minimum Gasteiger partial charge on any atom is -0.487 e. The fourth-order valence-electron chi connectivity index (χ4n) is 3.17. The van der Waals surface area contributed by atoms with Crippen molar-refractivity contribution in [3.63, 3.8) is 0 Å². The van der Waals surface area contributed by atoms with Crippen LogP contribution in [0.3, 0.4) is 0 Å². The Morgan fingerprint density at radius 2 is 2.07 bits per heavy atom. The third-order valence-electron chi connectivity index (χ3n) is 4.34. The van der Waals surface area contributed by atoms with E-state index in [1.165, 1.54) is 12.3 Å². The van der Waals surface area contributed by atoms with Crippen LogP contribution < -0.4 is 15.5 Å². The second-order valence-electron chi connectivity index (χ2n) is 6.30. The maximum Gasteiger partial charge on any atom is 0.261 e. The van der Waals surface area contributed by atoms with Crippen LogP contribution in [0.15, 0.2) is 41.3 Å². The first kappa shape index (κ1) is 17.5. The summed E-state index contributed by atoms with van der Waals surface area (Å²) in [5.74, 6) is -2.01. The van der Waals surface area contributed by atoms with Crippen molar-refractivity contribution in [2.24, 2.45) is 0 Å². The zero-order valence-electron chi connectivity index (χ0n) is 14.1. The number of pyridine rings is 1. The molecule has 2 aromatic carbocycles. The van der Waals surface area contributed by atoms with Crippen LogP contribution in [0.4, 0.5) is 14.5 Å². The predicted molar refractivity (Wildman–Crippen MR) is 97.6 cm³/mol. The number of benzene rings is 2. The minimum absolute atomic E-state index is 0.160. The van der Waals surface area contributed by atoms with Crippen molar-refractivity contribution in [3.8, 4) is 5.75 Å². The standard InChI is InChI=1S/C19H13ClF2N2O3/c1-9-7-24-8-11(19(26)23-14-4-2-10(21)6-13(14)22)18(25)16-12(20)3-5-15(27-9)17(16)24/h2-6,8-9H,7H2,1H3,(H,23,26)/t9-/m0/s1. The van der Waals surface area contributed by atoms with Gasteiger partial charge in [-0.2, -0.15) is 0 Å². The van der Waals surface area contributed by atoms with Gasteiger partial charge in [-0.3, -0.25) is 9.59 Å². The summed E-state index contributed by atoms with van der Waals surface area (Å²) in [5, 5.41) is 2.65. The van der Waals surface area contributed by atoms with Gasteiger partial charge in [-0.25, -0.2) is 8.78 Å². The van der Waals surface area contributed by atoms with Gasteiger partial charge in [-0.1, -0.05) is 11.6 Å². The number of aromatic nitrogens is 1. The number of rotatable bonds is 2. The zero-order chi connectivity index (χ0) is 19.3. The molecule has 0 radical (unpaired) electrons. The third kappa shape index (κ3) is 2.94. The van der Waals surface area contributed by atoms with Gasteiger partial charge in [0.1, 0.15) is 29.1 Å². The zero-order valence-corrected chi connectivity index (χ0v) is 14.8. The molecule has 2 heterocycles. The molecule has 27 heavy (non-hydrogen) atoms. The molecule has 0 fully saturated rings. The van der Waals surface area contributed by atoms with Crippen molar-refractivity contribution in [2.45, 2.75) is 19.6 Å². The number of hydrogen-bond acceptors (Lipinski definition) is 3. The van der Waals surface area contributed by atoms with E-state index in [1.807, 2.05) is 6.92 Å². The summed E-state index contributed by atoms with van der Waals surface area (Å²) in [6.07, 6.45) is 1.23. The molecule has 0 saturated carbocycles. The number of carbonyl (C=O) groups is 1. The molecule has 0 bridgehead atoms. The highest BCUT2D eigenvalue weighted by Crippen LogP contribution is 2.33. The largest absolute Gasteiger partial charge is 0.487 e. The number of anilines is 1. The molecule has 0 saturated heterocycles. The summed E-state index contributed by atoms with van der Waals surface area (Å²) >= 11 is 6.20. The number of nitrogens with zero attached hydrogens (tertiary/aromatic N) is 1. The van der Waals surface area contributed by atoms with E-state index in [0.717, 1.165) is 12.1 Å².